The van der Waals surface area contributed by atoms with E-state index in [-0.39, 0.29) is 31.0 Å². The van der Waals surface area contributed by atoms with Crippen LogP contribution >= 0.6 is 11.6 Å². The normalized spacial score (nSPS) is 20.0. The van der Waals surface area contributed by atoms with Crippen LogP contribution in [0.25, 0.3) is 0 Å². The van der Waals surface area contributed by atoms with Crippen molar-refractivity contribution in [2.24, 2.45) is 10.9 Å². The molecule has 0 bridgehead atoms. The summed E-state index contributed by atoms with van der Waals surface area (Å²) in [6.45, 7) is 9.63. The van der Waals surface area contributed by atoms with Crippen LogP contribution in [0.5, 0.6) is 0 Å². The number of unbranched alkanes of at least 4 members (excludes halogenated alkanes) is 12. The van der Waals surface area contributed by atoms with Crippen molar-refractivity contribution in [3.8, 4) is 0 Å². The van der Waals surface area contributed by atoms with Crippen molar-refractivity contribution in [1.82, 2.24) is 15.5 Å². The molecule has 0 aromatic rings. The highest BCUT2D eigenvalue weighted by atomic mass is 35.5. The molecule has 1 saturated heterocycles. The minimum atomic E-state index is -0.689. The van der Waals surface area contributed by atoms with Gasteiger partial charge in [-0.25, -0.2) is 19.4 Å². The van der Waals surface area contributed by atoms with E-state index < -0.39 is 11.5 Å². The van der Waals surface area contributed by atoms with Gasteiger partial charge in [0.1, 0.15) is 12.9 Å². The molecule has 2 aliphatic rings. The molecule has 238 valence electrons. The van der Waals surface area contributed by atoms with E-state index in [1.165, 1.54) is 64.2 Å². The van der Waals surface area contributed by atoms with Crippen LogP contribution in [0.3, 0.4) is 0 Å². The summed E-state index contributed by atoms with van der Waals surface area (Å²) >= 11 is 5.00. The van der Waals surface area contributed by atoms with Crippen LogP contribution in [0, 0.1) is 5.92 Å². The number of alkyl carbamates (subject to hydrolysis) is 1. The van der Waals surface area contributed by atoms with Gasteiger partial charge in [-0.2, -0.15) is 0 Å². The highest BCUT2D eigenvalue weighted by molar-refractivity contribution is 6.61. The van der Waals surface area contributed by atoms with Crippen LogP contribution in [0.4, 0.5) is 14.4 Å². The number of ether oxygens (including phenoxy) is 3. The molecule has 1 fully saturated rings. The maximum atomic E-state index is 12.3. The first-order valence-electron chi connectivity index (χ1n) is 15.9. The summed E-state index contributed by atoms with van der Waals surface area (Å²) in [5.74, 6) is 0.539. The third-order valence-electron chi connectivity index (χ3n) is 7.32. The van der Waals surface area contributed by atoms with E-state index in [9.17, 15) is 14.4 Å². The predicted octanol–water partition coefficient (Wildman–Crippen LogP) is 8.08. The van der Waals surface area contributed by atoms with Gasteiger partial charge < -0.3 is 14.2 Å². The molecule has 2 aliphatic heterocycles. The zero-order chi connectivity index (χ0) is 30.3. The Hall–Kier alpha value is -2.07. The molecule has 0 aromatic carbocycles. The van der Waals surface area contributed by atoms with E-state index in [1.54, 1.807) is 4.90 Å². The minimum absolute atomic E-state index is 0.129. The van der Waals surface area contributed by atoms with Gasteiger partial charge in [0.05, 0.1) is 19.3 Å². The monoisotopic (exact) mass is 602 g/mol. The van der Waals surface area contributed by atoms with Gasteiger partial charge >= 0.3 is 17.6 Å². The smallest absolute Gasteiger partial charge is 0.413 e. The highest BCUT2D eigenvalue weighted by Crippen LogP contribution is 2.30. The SMILES string of the molecule is CCCCCCCCCOC(=O)Cl.CCCCCCCCCOC(=O)NC1=NCN(C2CC(C)C(CC)O2)C(=O)N1. The number of amides is 3. The van der Waals surface area contributed by atoms with Crippen LogP contribution in [0.15, 0.2) is 4.99 Å². The minimum Gasteiger partial charge on any atom is -0.454 e. The first-order valence-corrected chi connectivity index (χ1v) is 16.2. The molecule has 2 rings (SSSR count). The van der Waals surface area contributed by atoms with Crippen LogP contribution in [-0.4, -0.2) is 60.6 Å². The zero-order valence-electron chi connectivity index (χ0n) is 25.9. The molecule has 0 radical (unpaired) electrons. The standard InChI is InChI=1S/C20H36N4O4.C10H19ClO2/c1-4-6-7-8-9-10-11-12-27-20(26)23-18-21-14-24(19(25)22-18)17-13-15(3)16(5-2)28-17;1-2-3-4-5-6-7-8-9-13-10(11)12/h15-17H,4-14H2,1-3H3,(H2,21,22,23,25,26);2-9H2,1H3. The summed E-state index contributed by atoms with van der Waals surface area (Å²) in [5.41, 5.74) is -0.689. The lowest BCUT2D eigenvalue weighted by Gasteiger charge is -2.30. The quantitative estimate of drug-likeness (QED) is 0.121. The molecule has 3 amide bonds. The van der Waals surface area contributed by atoms with E-state index >= 15 is 0 Å². The second kappa shape index (κ2) is 23.5. The van der Waals surface area contributed by atoms with E-state index in [2.05, 4.69) is 48.1 Å². The Balaban J connectivity index is 0.000000545. The molecule has 3 unspecified atom stereocenters. The van der Waals surface area contributed by atoms with Crippen LogP contribution in [0.2, 0.25) is 0 Å². The Labute approximate surface area is 252 Å². The second-order valence-electron chi connectivity index (χ2n) is 10.9. The summed E-state index contributed by atoms with van der Waals surface area (Å²) in [6, 6.07) is -0.314. The van der Waals surface area contributed by atoms with Gasteiger partial charge in [-0.3, -0.25) is 15.5 Å². The molecular formula is C30H55ClN4O6. The number of carbonyl (C=O) groups excluding carboxylic acids is 3. The Morgan fingerprint density at radius 2 is 1.46 bits per heavy atom. The number of halogens is 1. The van der Waals surface area contributed by atoms with Crippen molar-refractivity contribution in [2.75, 3.05) is 19.9 Å². The summed E-state index contributed by atoms with van der Waals surface area (Å²) in [7, 11) is 0. The molecule has 0 saturated carbocycles. The van der Waals surface area contributed by atoms with Crippen molar-refractivity contribution in [3.63, 3.8) is 0 Å². The summed E-state index contributed by atoms with van der Waals surface area (Å²) in [6.07, 6.45) is 17.7. The van der Waals surface area contributed by atoms with Gasteiger partial charge in [-0.05, 0) is 31.6 Å². The van der Waals surface area contributed by atoms with Crippen molar-refractivity contribution in [1.29, 1.82) is 0 Å². The average molecular weight is 603 g/mol. The fourth-order valence-corrected chi connectivity index (χ4v) is 4.92. The van der Waals surface area contributed by atoms with Crippen LogP contribution < -0.4 is 10.6 Å². The van der Waals surface area contributed by atoms with E-state index in [0.717, 1.165) is 38.5 Å². The molecule has 0 aliphatic carbocycles. The largest absolute Gasteiger partial charge is 0.454 e. The molecule has 0 aromatic heterocycles. The van der Waals surface area contributed by atoms with Crippen molar-refractivity contribution < 1.29 is 28.6 Å². The van der Waals surface area contributed by atoms with Crippen LogP contribution in [0.1, 0.15) is 130 Å². The predicted molar refractivity (Wildman–Crippen MR) is 163 cm³/mol. The van der Waals surface area contributed by atoms with Crippen molar-refractivity contribution in [3.05, 3.63) is 0 Å². The molecule has 2 heterocycles. The molecule has 41 heavy (non-hydrogen) atoms. The summed E-state index contributed by atoms with van der Waals surface area (Å²) in [4.78, 5) is 40.1. The summed E-state index contributed by atoms with van der Waals surface area (Å²) < 4.78 is 15.7. The molecular weight excluding hydrogens is 548 g/mol. The van der Waals surface area contributed by atoms with Crippen molar-refractivity contribution >= 4 is 35.1 Å². The Morgan fingerprint density at radius 3 is 1.95 bits per heavy atom. The van der Waals surface area contributed by atoms with Gasteiger partial charge in [0.15, 0.2) is 0 Å². The average Bonchev–Trinajstić information content (AvgIpc) is 3.32. The van der Waals surface area contributed by atoms with Gasteiger partial charge in [-0.15, -0.1) is 0 Å². The lowest BCUT2D eigenvalue weighted by molar-refractivity contribution is -0.0375. The summed E-state index contributed by atoms with van der Waals surface area (Å²) in [5, 5.41) is 5.09. The maximum absolute atomic E-state index is 12.3. The number of guanidine groups is 1. The number of nitrogens with zero attached hydrogens (tertiary/aromatic N) is 2. The Morgan fingerprint density at radius 1 is 0.927 bits per heavy atom. The van der Waals surface area contributed by atoms with Gasteiger partial charge in [0, 0.05) is 11.6 Å². The fourth-order valence-electron chi connectivity index (χ4n) is 4.85. The first kappa shape index (κ1) is 37.0. The first-order chi connectivity index (χ1) is 19.8. The van der Waals surface area contributed by atoms with Crippen molar-refractivity contribution in [2.45, 2.75) is 143 Å². The third kappa shape index (κ3) is 17.5. The van der Waals surface area contributed by atoms with E-state index in [1.807, 2.05) is 0 Å². The van der Waals surface area contributed by atoms with Gasteiger partial charge in [0.2, 0.25) is 5.96 Å². The van der Waals surface area contributed by atoms with Gasteiger partial charge in [-0.1, -0.05) is 105 Å². The van der Waals surface area contributed by atoms with Crippen LogP contribution in [-0.2, 0) is 14.2 Å². The number of aliphatic imine (C=N–C) groups is 1. The number of urea groups is 1. The Kier molecular flexibility index (Phi) is 21.2. The molecule has 3 atom stereocenters. The lowest BCUT2D eigenvalue weighted by Crippen LogP contribution is -2.56. The number of carbonyl (C=O) groups is 3. The number of nitrogens with one attached hydrogen (secondary N) is 2. The molecule has 2 N–H and O–H groups in total. The maximum Gasteiger partial charge on any atom is 0.413 e. The molecule has 11 heteroatoms. The molecule has 10 nitrogen and oxygen atoms in total. The number of hydrogen-bond acceptors (Lipinski definition) is 7. The van der Waals surface area contributed by atoms with E-state index in [0.29, 0.717) is 19.1 Å². The fraction of sp³-hybridized carbons (Fsp3) is 0.867. The second-order valence-corrected chi connectivity index (χ2v) is 11.2. The zero-order valence-corrected chi connectivity index (χ0v) is 26.6. The molecule has 0 spiro atoms. The van der Waals surface area contributed by atoms with Gasteiger partial charge in [0.25, 0.3) is 0 Å². The third-order valence-corrected chi connectivity index (χ3v) is 7.43. The number of hydrogen-bond donors (Lipinski definition) is 2. The topological polar surface area (TPSA) is 119 Å². The lowest BCUT2D eigenvalue weighted by atomic mass is 10.0. The number of rotatable bonds is 18. The van der Waals surface area contributed by atoms with E-state index in [4.69, 9.17) is 21.1 Å². The Bertz CT molecular complexity index is 769. The highest BCUT2D eigenvalue weighted by Gasteiger charge is 2.38.